The van der Waals surface area contributed by atoms with Crippen LogP contribution in [-0.2, 0) is 0 Å². The van der Waals surface area contributed by atoms with Gasteiger partial charge in [-0.2, -0.15) is 0 Å². The number of halogens is 2. The molecule has 4 nitrogen and oxygen atoms in total. The quantitative estimate of drug-likeness (QED) is 0.847. The van der Waals surface area contributed by atoms with Gasteiger partial charge >= 0.3 is 0 Å². The minimum absolute atomic E-state index is 0. The molecule has 1 aromatic carbocycles. The predicted molar refractivity (Wildman–Crippen MR) is 85.5 cm³/mol. The summed E-state index contributed by atoms with van der Waals surface area (Å²) in [6.07, 6.45) is 1.76. The van der Waals surface area contributed by atoms with Gasteiger partial charge in [-0.3, -0.25) is 9.59 Å². The van der Waals surface area contributed by atoms with E-state index >= 15 is 0 Å². The Bertz CT molecular complexity index is 735. The van der Waals surface area contributed by atoms with Crippen LogP contribution < -0.4 is 11.3 Å². The van der Waals surface area contributed by atoms with Crippen molar-refractivity contribution in [3.05, 3.63) is 68.3 Å². The molecule has 0 spiro atoms. The van der Waals surface area contributed by atoms with Gasteiger partial charge in [-0.1, -0.05) is 24.6 Å². The molecule has 0 radical (unpaired) electrons. The van der Waals surface area contributed by atoms with E-state index in [0.29, 0.717) is 6.42 Å². The number of carbonyl (C=O) groups excluding carboxylic acids is 1. The summed E-state index contributed by atoms with van der Waals surface area (Å²) in [6, 6.07) is 4.94. The van der Waals surface area contributed by atoms with E-state index < -0.39 is 17.6 Å². The first-order chi connectivity index (χ1) is 9.95. The molecule has 0 saturated heterocycles. The minimum Gasteiger partial charge on any atom is -0.328 e. The van der Waals surface area contributed by atoms with Gasteiger partial charge in [-0.05, 0) is 18.6 Å². The summed E-state index contributed by atoms with van der Waals surface area (Å²) in [7, 11) is 0. The van der Waals surface area contributed by atoms with Crippen molar-refractivity contribution in [1.29, 1.82) is 0 Å². The maximum absolute atomic E-state index is 14.5. The molecule has 0 amide bonds. The van der Waals surface area contributed by atoms with E-state index in [1.165, 1.54) is 30.5 Å². The zero-order chi connectivity index (χ0) is 15.6. The maximum atomic E-state index is 14.5. The molecule has 21 heavy (non-hydrogen) atoms. The molecule has 1 heterocycles. The third-order valence-corrected chi connectivity index (χ3v) is 3.55. The lowest BCUT2D eigenvalue weighted by Crippen LogP contribution is -2.15. The fourth-order valence-corrected chi connectivity index (χ4v) is 2.21. The Kier molecular flexibility index (Phi) is 4.55. The normalized spacial score (nSPS) is 12.2. The molecule has 6 heteroatoms. The Labute approximate surface area is 130 Å². The third kappa shape index (κ3) is 3.04. The Morgan fingerprint density at radius 1 is 1.43 bits per heavy atom. The van der Waals surface area contributed by atoms with Crippen molar-refractivity contribution >= 4 is 17.4 Å². The Morgan fingerprint density at radius 3 is 2.71 bits per heavy atom. The molecule has 0 aliphatic rings. The zero-order valence-electron chi connectivity index (χ0n) is 11.3. The number of nitrogens with two attached hydrogens (primary N) is 1. The van der Waals surface area contributed by atoms with Gasteiger partial charge in [0, 0.05) is 33.7 Å². The van der Waals surface area contributed by atoms with E-state index in [0.717, 1.165) is 0 Å². The van der Waals surface area contributed by atoms with Crippen molar-refractivity contribution in [3.63, 3.8) is 0 Å². The first kappa shape index (κ1) is 15.4. The van der Waals surface area contributed by atoms with Gasteiger partial charge < -0.3 is 10.7 Å². The van der Waals surface area contributed by atoms with Crippen LogP contribution >= 0.6 is 11.6 Å². The van der Waals surface area contributed by atoms with Crippen LogP contribution in [0.25, 0.3) is 0 Å². The molecule has 2 aromatic rings. The van der Waals surface area contributed by atoms with Crippen LogP contribution in [0.15, 0.2) is 35.3 Å². The molecule has 0 aliphatic heterocycles. The highest BCUT2D eigenvalue weighted by molar-refractivity contribution is 6.35. The Hall–Kier alpha value is -1.98. The summed E-state index contributed by atoms with van der Waals surface area (Å²) >= 11 is 5.95. The van der Waals surface area contributed by atoms with Crippen LogP contribution in [0.5, 0.6) is 0 Å². The van der Waals surface area contributed by atoms with Crippen LogP contribution in [0, 0.1) is 5.82 Å². The average Bonchev–Trinajstić information content (AvgIpc) is 2.47. The zero-order valence-corrected chi connectivity index (χ0v) is 12.1. The number of H-pyrrole nitrogens is 1. The predicted octanol–water partition coefficient (Wildman–Crippen LogP) is 3.55. The van der Waals surface area contributed by atoms with Gasteiger partial charge in [0.1, 0.15) is 5.82 Å². The molecule has 1 aromatic heterocycles. The molecule has 0 unspecified atom stereocenters. The number of aromatic nitrogens is 1. The van der Waals surface area contributed by atoms with Gasteiger partial charge in [-0.25, -0.2) is 4.39 Å². The van der Waals surface area contributed by atoms with E-state index in [4.69, 9.17) is 17.3 Å². The lowest BCUT2D eigenvalue weighted by molar-refractivity contribution is 0.103. The fraction of sp³-hybridized carbons (Fsp3) is 0.200. The maximum Gasteiger partial charge on any atom is 0.247 e. The largest absolute Gasteiger partial charge is 0.328 e. The molecule has 0 aliphatic carbocycles. The van der Waals surface area contributed by atoms with Crippen molar-refractivity contribution in [1.82, 2.24) is 4.98 Å². The number of benzene rings is 1. The standard InChI is InChI=1S/C15H14ClFN2O2.3H2/c1-2-11(18)9-4-5-10(16)13(14(9)17)15(21)8-3-6-12(20)19-7-8;;;/h3-7,11H,2,18H2,1H3,(H,19,20);3*1H/t11-;;;/m1.../s1. The average molecular weight is 315 g/mol. The second-order valence-electron chi connectivity index (χ2n) is 4.61. The molecule has 0 bridgehead atoms. The topological polar surface area (TPSA) is 76.0 Å². The molecule has 0 fully saturated rings. The number of hydrogen-bond acceptors (Lipinski definition) is 3. The number of ketones is 1. The van der Waals surface area contributed by atoms with Crippen molar-refractivity contribution in [2.75, 3.05) is 0 Å². The first-order valence-electron chi connectivity index (χ1n) is 6.42. The van der Waals surface area contributed by atoms with Crippen molar-refractivity contribution < 1.29 is 13.5 Å². The third-order valence-electron chi connectivity index (χ3n) is 3.23. The van der Waals surface area contributed by atoms with Crippen LogP contribution in [0.4, 0.5) is 4.39 Å². The van der Waals surface area contributed by atoms with Gasteiger partial charge in [0.15, 0.2) is 5.78 Å². The summed E-state index contributed by atoms with van der Waals surface area (Å²) < 4.78 is 14.5. The molecular weight excluding hydrogens is 295 g/mol. The molecular formula is C15H20ClFN2O2. The number of nitrogens with one attached hydrogen (secondary N) is 1. The van der Waals surface area contributed by atoms with E-state index in [-0.39, 0.29) is 31.6 Å². The van der Waals surface area contributed by atoms with Crippen molar-refractivity contribution in [2.24, 2.45) is 5.73 Å². The number of hydrogen-bond donors (Lipinski definition) is 2. The summed E-state index contributed by atoms with van der Waals surface area (Å²) in [6.45, 7) is 1.82. The van der Waals surface area contributed by atoms with E-state index in [2.05, 4.69) is 4.98 Å². The summed E-state index contributed by atoms with van der Waals surface area (Å²) in [5.74, 6) is -1.31. The summed E-state index contributed by atoms with van der Waals surface area (Å²) in [5, 5.41) is 0.00996. The highest BCUT2D eigenvalue weighted by Gasteiger charge is 2.22. The van der Waals surface area contributed by atoms with E-state index in [1.807, 2.05) is 6.92 Å². The highest BCUT2D eigenvalue weighted by Crippen LogP contribution is 2.28. The van der Waals surface area contributed by atoms with Gasteiger partial charge in [0.05, 0.1) is 10.6 Å². The monoisotopic (exact) mass is 314 g/mol. The number of carbonyl (C=O) groups is 1. The molecule has 3 N–H and O–H groups in total. The second-order valence-corrected chi connectivity index (χ2v) is 5.02. The molecule has 1 atom stereocenters. The Balaban J connectivity index is 0. The fourth-order valence-electron chi connectivity index (χ4n) is 1.98. The van der Waals surface area contributed by atoms with Crippen LogP contribution in [0.1, 0.15) is 45.2 Å². The van der Waals surface area contributed by atoms with Crippen LogP contribution in [0.2, 0.25) is 5.02 Å². The molecule has 2 rings (SSSR count). The van der Waals surface area contributed by atoms with Crippen molar-refractivity contribution in [3.8, 4) is 0 Å². The van der Waals surface area contributed by atoms with Crippen LogP contribution in [-0.4, -0.2) is 10.8 Å². The summed E-state index contributed by atoms with van der Waals surface area (Å²) in [4.78, 5) is 25.8. The lowest BCUT2D eigenvalue weighted by atomic mass is 9.97. The van der Waals surface area contributed by atoms with Crippen LogP contribution in [0.3, 0.4) is 0 Å². The van der Waals surface area contributed by atoms with E-state index in [1.54, 1.807) is 0 Å². The first-order valence-corrected chi connectivity index (χ1v) is 6.80. The second kappa shape index (κ2) is 6.20. The van der Waals surface area contributed by atoms with Gasteiger partial charge in [0.2, 0.25) is 5.56 Å². The molecule has 0 saturated carbocycles. The Morgan fingerprint density at radius 2 is 2.14 bits per heavy atom. The summed E-state index contributed by atoms with van der Waals surface area (Å²) in [5.41, 5.74) is 5.65. The van der Waals surface area contributed by atoms with E-state index in [9.17, 15) is 14.0 Å². The molecule has 116 valence electrons. The lowest BCUT2D eigenvalue weighted by Gasteiger charge is -2.14. The highest BCUT2D eigenvalue weighted by atomic mass is 35.5. The van der Waals surface area contributed by atoms with Crippen molar-refractivity contribution in [2.45, 2.75) is 19.4 Å². The van der Waals surface area contributed by atoms with Gasteiger partial charge in [-0.15, -0.1) is 0 Å². The number of pyridine rings is 1. The smallest absolute Gasteiger partial charge is 0.247 e. The van der Waals surface area contributed by atoms with Gasteiger partial charge in [0.25, 0.3) is 0 Å². The minimum atomic E-state index is -0.715. The SMILES string of the molecule is CC[C@@H](N)c1ccc(Cl)c(C(=O)c2ccc(=O)[nH]c2)c1F.[HH].[HH].[HH]. The number of rotatable bonds is 4. The number of aromatic amines is 1.